The first kappa shape index (κ1) is 13.6. The number of carbonyl (C=O) groups excluding carboxylic acids is 2. The molecule has 4 nitrogen and oxygen atoms in total. The maximum atomic E-state index is 12.7. The fourth-order valence-electron chi connectivity index (χ4n) is 5.97. The monoisotopic (exact) mass is 290 g/mol. The zero-order chi connectivity index (χ0) is 14.4. The Morgan fingerprint density at radius 2 is 1.67 bits per heavy atom. The fourth-order valence-corrected chi connectivity index (χ4v) is 5.97. The molecule has 21 heavy (non-hydrogen) atoms. The smallest absolute Gasteiger partial charge is 0.243 e. The first-order chi connectivity index (χ1) is 10.2. The van der Waals surface area contributed by atoms with Crippen LogP contribution < -0.4 is 5.32 Å². The van der Waals surface area contributed by atoms with Crippen molar-refractivity contribution in [3.05, 3.63) is 0 Å². The van der Waals surface area contributed by atoms with E-state index in [1.54, 1.807) is 4.90 Å². The lowest BCUT2D eigenvalue weighted by Crippen LogP contribution is -2.63. The molecule has 5 fully saturated rings. The summed E-state index contributed by atoms with van der Waals surface area (Å²) in [6, 6.07) is -0.218. The fraction of sp³-hybridized carbons (Fsp3) is 0.882. The van der Waals surface area contributed by atoms with Crippen molar-refractivity contribution in [3.8, 4) is 0 Å². The van der Waals surface area contributed by atoms with Crippen molar-refractivity contribution in [1.29, 1.82) is 0 Å². The van der Waals surface area contributed by atoms with Gasteiger partial charge in [-0.25, -0.2) is 0 Å². The lowest BCUT2D eigenvalue weighted by molar-refractivity contribution is -0.138. The van der Waals surface area contributed by atoms with E-state index in [1.165, 1.54) is 38.5 Å². The second kappa shape index (κ2) is 4.99. The number of piperidine rings is 1. The number of rotatable bonds is 3. The Bertz CT molecular complexity index is 413. The number of likely N-dealkylation sites (tertiary alicyclic amines) is 1. The zero-order valence-electron chi connectivity index (χ0n) is 12.7. The van der Waals surface area contributed by atoms with Gasteiger partial charge in [0.2, 0.25) is 12.3 Å². The molecule has 0 radical (unpaired) electrons. The van der Waals surface area contributed by atoms with Crippen molar-refractivity contribution in [2.75, 3.05) is 6.54 Å². The molecule has 0 spiro atoms. The highest BCUT2D eigenvalue weighted by Crippen LogP contribution is 2.55. The first-order valence-electron chi connectivity index (χ1n) is 8.70. The van der Waals surface area contributed by atoms with E-state index in [1.807, 2.05) is 0 Å². The van der Waals surface area contributed by atoms with Gasteiger partial charge in [-0.15, -0.1) is 0 Å². The molecule has 0 aromatic heterocycles. The molecular formula is C17H26N2O2. The number of nitrogens with zero attached hydrogens (tertiary/aromatic N) is 1. The Morgan fingerprint density at radius 3 is 2.24 bits per heavy atom. The van der Waals surface area contributed by atoms with E-state index < -0.39 is 0 Å². The highest BCUT2D eigenvalue weighted by molar-refractivity contribution is 5.84. The molecule has 1 aliphatic heterocycles. The largest absolute Gasteiger partial charge is 0.349 e. The lowest BCUT2D eigenvalue weighted by atomic mass is 9.53. The van der Waals surface area contributed by atoms with Gasteiger partial charge < -0.3 is 10.2 Å². The predicted octanol–water partition coefficient (Wildman–Crippen LogP) is 2.08. The average molecular weight is 290 g/mol. The molecule has 5 aliphatic rings. The van der Waals surface area contributed by atoms with E-state index in [0.717, 1.165) is 50.0 Å². The lowest BCUT2D eigenvalue weighted by Gasteiger charge is -2.57. The summed E-state index contributed by atoms with van der Waals surface area (Å²) in [5, 5.41) is 3.42. The van der Waals surface area contributed by atoms with Gasteiger partial charge in [-0.05, 0) is 75.5 Å². The van der Waals surface area contributed by atoms with Crippen molar-refractivity contribution in [3.63, 3.8) is 0 Å². The normalized spacial score (nSPS) is 44.7. The third-order valence-corrected chi connectivity index (χ3v) is 6.41. The quantitative estimate of drug-likeness (QED) is 0.809. The van der Waals surface area contributed by atoms with Crippen LogP contribution in [0, 0.1) is 17.8 Å². The standard InChI is InChI=1S/C17H26N2O2/c20-11-19-4-2-1-3-15(19)16(21)18-17-8-12-5-13(9-17)7-14(6-12)10-17/h11-15H,1-10H2,(H,18,21)/t12?,13?,14?,15-,17?/m0/s1. The number of hydrogen-bond acceptors (Lipinski definition) is 2. The van der Waals surface area contributed by atoms with Crippen LogP contribution in [-0.2, 0) is 9.59 Å². The van der Waals surface area contributed by atoms with Crippen LogP contribution in [0.2, 0.25) is 0 Å². The third-order valence-electron chi connectivity index (χ3n) is 6.41. The minimum atomic E-state index is -0.218. The average Bonchev–Trinajstić information content (AvgIpc) is 2.45. The molecule has 2 amide bonds. The van der Waals surface area contributed by atoms with Crippen LogP contribution >= 0.6 is 0 Å². The topological polar surface area (TPSA) is 49.4 Å². The highest BCUT2D eigenvalue weighted by atomic mass is 16.2. The SMILES string of the molecule is O=CN1CCCC[C@H]1C(=O)NC12CC3CC(CC(C3)C1)C2. The molecule has 5 rings (SSSR count). The van der Waals surface area contributed by atoms with Crippen LogP contribution in [0.25, 0.3) is 0 Å². The molecule has 0 aromatic rings. The first-order valence-corrected chi connectivity index (χ1v) is 8.70. The van der Waals surface area contributed by atoms with Gasteiger partial charge in [0.1, 0.15) is 6.04 Å². The Kier molecular flexibility index (Phi) is 3.23. The molecule has 0 unspecified atom stereocenters. The Labute approximate surface area is 126 Å². The molecule has 4 aliphatic carbocycles. The molecule has 0 aromatic carbocycles. The second-order valence-electron chi connectivity index (χ2n) is 8.04. The van der Waals surface area contributed by atoms with Gasteiger partial charge in [-0.1, -0.05) is 0 Å². The van der Waals surface area contributed by atoms with Gasteiger partial charge in [0.15, 0.2) is 0 Å². The summed E-state index contributed by atoms with van der Waals surface area (Å²) in [6.07, 6.45) is 11.5. The van der Waals surface area contributed by atoms with Gasteiger partial charge in [-0.3, -0.25) is 9.59 Å². The Morgan fingerprint density at radius 1 is 1.05 bits per heavy atom. The van der Waals surface area contributed by atoms with Crippen molar-refractivity contribution < 1.29 is 9.59 Å². The van der Waals surface area contributed by atoms with Gasteiger partial charge in [-0.2, -0.15) is 0 Å². The summed E-state index contributed by atoms with van der Waals surface area (Å²) in [5.74, 6) is 2.63. The minimum Gasteiger partial charge on any atom is -0.349 e. The zero-order valence-corrected chi connectivity index (χ0v) is 12.7. The van der Waals surface area contributed by atoms with Crippen LogP contribution in [0.5, 0.6) is 0 Å². The molecule has 4 saturated carbocycles. The predicted molar refractivity (Wildman–Crippen MR) is 79.5 cm³/mol. The van der Waals surface area contributed by atoms with Crippen LogP contribution in [0.1, 0.15) is 57.8 Å². The third kappa shape index (κ3) is 2.36. The summed E-state index contributed by atoms with van der Waals surface area (Å²) in [5.41, 5.74) is 0.0673. The van der Waals surface area contributed by atoms with Gasteiger partial charge in [0, 0.05) is 12.1 Å². The number of hydrogen-bond donors (Lipinski definition) is 1. The van der Waals surface area contributed by atoms with E-state index >= 15 is 0 Å². The van der Waals surface area contributed by atoms with Crippen molar-refractivity contribution in [1.82, 2.24) is 10.2 Å². The van der Waals surface area contributed by atoms with Crippen molar-refractivity contribution in [2.45, 2.75) is 69.4 Å². The van der Waals surface area contributed by atoms with Crippen molar-refractivity contribution in [2.24, 2.45) is 17.8 Å². The summed E-state index contributed by atoms with van der Waals surface area (Å²) in [6.45, 7) is 0.739. The van der Waals surface area contributed by atoms with Crippen LogP contribution in [0.15, 0.2) is 0 Å². The molecule has 4 bridgehead atoms. The molecule has 116 valence electrons. The van der Waals surface area contributed by atoms with Gasteiger partial charge in [0.05, 0.1) is 0 Å². The minimum absolute atomic E-state index is 0.0673. The van der Waals surface area contributed by atoms with Gasteiger partial charge >= 0.3 is 0 Å². The van der Waals surface area contributed by atoms with Crippen LogP contribution in [-0.4, -0.2) is 35.3 Å². The molecule has 1 saturated heterocycles. The molecular weight excluding hydrogens is 264 g/mol. The number of carbonyl (C=O) groups is 2. The number of amides is 2. The van der Waals surface area contributed by atoms with Crippen LogP contribution in [0.3, 0.4) is 0 Å². The van der Waals surface area contributed by atoms with E-state index in [9.17, 15) is 9.59 Å². The summed E-state index contributed by atoms with van der Waals surface area (Å²) >= 11 is 0. The maximum absolute atomic E-state index is 12.7. The van der Waals surface area contributed by atoms with Crippen LogP contribution in [0.4, 0.5) is 0 Å². The molecule has 4 heteroatoms. The Hall–Kier alpha value is -1.06. The van der Waals surface area contributed by atoms with E-state index in [4.69, 9.17) is 0 Å². The van der Waals surface area contributed by atoms with E-state index in [-0.39, 0.29) is 17.5 Å². The highest BCUT2D eigenvalue weighted by Gasteiger charge is 2.52. The Balaban J connectivity index is 1.47. The van der Waals surface area contributed by atoms with E-state index in [0.29, 0.717) is 0 Å². The second-order valence-corrected chi connectivity index (χ2v) is 8.04. The summed E-state index contributed by atoms with van der Waals surface area (Å²) in [4.78, 5) is 25.6. The molecule has 1 heterocycles. The molecule has 1 atom stereocenters. The van der Waals surface area contributed by atoms with E-state index in [2.05, 4.69) is 5.32 Å². The number of nitrogens with one attached hydrogen (secondary N) is 1. The van der Waals surface area contributed by atoms with Crippen molar-refractivity contribution >= 4 is 12.3 Å². The van der Waals surface area contributed by atoms with Gasteiger partial charge in [0.25, 0.3) is 0 Å². The molecule has 1 N–H and O–H groups in total. The summed E-state index contributed by atoms with van der Waals surface area (Å²) in [7, 11) is 0. The maximum Gasteiger partial charge on any atom is 0.243 e. The summed E-state index contributed by atoms with van der Waals surface area (Å²) < 4.78 is 0.